The van der Waals surface area contributed by atoms with Crippen molar-refractivity contribution in [2.24, 2.45) is 17.8 Å². The lowest BCUT2D eigenvalue weighted by atomic mass is 9.78. The van der Waals surface area contributed by atoms with Gasteiger partial charge in [0.1, 0.15) is 23.7 Å². The highest BCUT2D eigenvalue weighted by Gasteiger charge is 2.32. The van der Waals surface area contributed by atoms with Crippen LogP contribution in [0.1, 0.15) is 230 Å². The van der Waals surface area contributed by atoms with E-state index in [1.54, 1.807) is 103 Å². The van der Waals surface area contributed by atoms with Crippen LogP contribution in [0, 0.1) is 59.3 Å². The van der Waals surface area contributed by atoms with E-state index in [1.165, 1.54) is 151 Å². The minimum Gasteiger partial charge on any atom is -0.465 e. The van der Waals surface area contributed by atoms with Gasteiger partial charge in [-0.1, -0.05) is 246 Å². The van der Waals surface area contributed by atoms with Gasteiger partial charge in [-0.25, -0.2) is 43.3 Å². The minimum atomic E-state index is -0.623. The van der Waals surface area contributed by atoms with Crippen LogP contribution in [0.15, 0.2) is 328 Å². The molecule has 0 aliphatic heterocycles. The predicted octanol–water partition coefficient (Wildman–Crippen LogP) is 27.2. The third-order valence-electron chi connectivity index (χ3n) is 27.0. The normalized spacial score (nSPS) is 14.6. The van der Waals surface area contributed by atoms with Gasteiger partial charge in [0.2, 0.25) is 0 Å². The van der Waals surface area contributed by atoms with Crippen LogP contribution in [0.5, 0.6) is 11.5 Å². The molecule has 0 heterocycles. The summed E-state index contributed by atoms with van der Waals surface area (Å²) in [5, 5.41) is 23.6. The van der Waals surface area contributed by atoms with Crippen LogP contribution < -0.4 is 9.47 Å². The molecule has 3 aliphatic carbocycles. The lowest BCUT2D eigenvalue weighted by Crippen LogP contribution is -2.25. The summed E-state index contributed by atoms with van der Waals surface area (Å²) < 4.78 is 39.0. The Morgan fingerprint density at radius 1 is 0.288 bits per heavy atom. The zero-order valence-electron chi connectivity index (χ0n) is 84.8. The molecule has 15 aromatic carbocycles. The van der Waals surface area contributed by atoms with Crippen molar-refractivity contribution in [3.05, 3.63) is 461 Å². The molecule has 0 bridgehead atoms. The van der Waals surface area contributed by atoms with Gasteiger partial charge in [-0.05, 0) is 358 Å². The molecule has 0 aromatic heterocycles. The van der Waals surface area contributed by atoms with Crippen LogP contribution in [0.2, 0.25) is 0 Å². The smallest absolute Gasteiger partial charge is 0.343 e. The Balaban J connectivity index is 0.000000147. The molecule has 2 N–H and O–H groups in total. The number of carbonyl (C=O) groups excluding carboxylic acids is 8. The highest BCUT2D eigenvalue weighted by atomic mass is 17.1. The fourth-order valence-corrected chi connectivity index (χ4v) is 18.5. The van der Waals surface area contributed by atoms with Crippen LogP contribution in [0.4, 0.5) is 0 Å². The number of rotatable bonds is 24. The maximum absolute atomic E-state index is 12.4. The minimum absolute atomic E-state index is 0.0584. The molecule has 0 radical (unpaired) electrons. The summed E-state index contributed by atoms with van der Waals surface area (Å²) in [7, 11) is 8.17. The molecule has 4 atom stereocenters. The number of hydrogen-bond donors (Lipinski definition) is 2. The number of esters is 8. The first-order valence-corrected chi connectivity index (χ1v) is 49.2. The van der Waals surface area contributed by atoms with E-state index >= 15 is 0 Å². The molecule has 0 spiro atoms. The summed E-state index contributed by atoms with van der Waals surface area (Å²) in [6, 6.07) is 105. The molecule has 0 amide bonds. The molecule has 20 nitrogen and oxygen atoms in total. The zero-order chi connectivity index (χ0) is 104. The van der Waals surface area contributed by atoms with Gasteiger partial charge < -0.3 is 37.9 Å². The van der Waals surface area contributed by atoms with E-state index in [1.807, 2.05) is 122 Å². The van der Waals surface area contributed by atoms with Crippen molar-refractivity contribution in [1.82, 2.24) is 0 Å². The van der Waals surface area contributed by atoms with Crippen molar-refractivity contribution in [3.63, 3.8) is 0 Å². The average Bonchev–Trinajstić information content (AvgIpc) is 0.797. The topological polar surface area (TPSA) is 269 Å². The Hall–Kier alpha value is -15.6. The molecule has 0 saturated heterocycles. The van der Waals surface area contributed by atoms with Gasteiger partial charge >= 0.3 is 47.8 Å². The monoisotopic (exact) mass is 1960 g/mol. The van der Waals surface area contributed by atoms with Gasteiger partial charge in [0, 0.05) is 0 Å². The summed E-state index contributed by atoms with van der Waals surface area (Å²) in [6.07, 6.45) is 13.4. The second kappa shape index (κ2) is 53.1. The van der Waals surface area contributed by atoms with E-state index in [0.717, 1.165) is 109 Å². The van der Waals surface area contributed by atoms with Gasteiger partial charge in [-0.2, -0.15) is 0 Å². The summed E-state index contributed by atoms with van der Waals surface area (Å²) in [5.74, 6) is -0.535. The third-order valence-corrected chi connectivity index (χ3v) is 27.0. The molecule has 146 heavy (non-hydrogen) atoms. The Morgan fingerprint density at radius 3 is 1.11 bits per heavy atom. The van der Waals surface area contributed by atoms with E-state index in [0.29, 0.717) is 56.4 Å². The second-order valence-corrected chi connectivity index (χ2v) is 37.4. The molecule has 15 aromatic rings. The first kappa shape index (κ1) is 108. The van der Waals surface area contributed by atoms with Crippen molar-refractivity contribution in [1.29, 1.82) is 0 Å². The van der Waals surface area contributed by atoms with E-state index in [9.17, 15) is 48.9 Å². The maximum Gasteiger partial charge on any atom is 0.343 e. The molecular weight excluding hydrogens is 1830 g/mol. The highest BCUT2D eigenvalue weighted by Crippen LogP contribution is 2.40. The Labute approximate surface area is 854 Å². The lowest BCUT2D eigenvalue weighted by molar-refractivity contribution is -0.294. The van der Waals surface area contributed by atoms with Crippen molar-refractivity contribution in [2.45, 2.75) is 150 Å². The average molecular weight is 1960 g/mol. The quantitative estimate of drug-likeness (QED) is 0.0187. The summed E-state index contributed by atoms with van der Waals surface area (Å²) in [4.78, 5) is 103. The van der Waals surface area contributed by atoms with Crippen molar-refractivity contribution < 1.29 is 96.5 Å². The third kappa shape index (κ3) is 30.3. The molecule has 3 aliphatic rings. The summed E-state index contributed by atoms with van der Waals surface area (Å²) in [6.45, 7) is 12.6. The van der Waals surface area contributed by atoms with Crippen LogP contribution in [0.3, 0.4) is 0 Å². The number of methoxy groups -OCH3 is 6. The van der Waals surface area contributed by atoms with Crippen LogP contribution >= 0.6 is 0 Å². The molecule has 20 heteroatoms. The number of benzene rings is 15. The molecule has 750 valence electrons. The first-order chi connectivity index (χ1) is 70.7. The molecule has 1 saturated carbocycles. The number of ether oxygens (including phenoxy) is 8. The van der Waals surface area contributed by atoms with E-state index in [4.69, 9.17) is 33.5 Å². The van der Waals surface area contributed by atoms with E-state index in [2.05, 4.69) is 164 Å². The Morgan fingerprint density at radius 2 is 0.637 bits per heavy atom. The maximum atomic E-state index is 12.4. The van der Waals surface area contributed by atoms with Gasteiger partial charge in [0.05, 0.1) is 87.5 Å². The first-order valence-electron chi connectivity index (χ1n) is 49.2. The fraction of sp³-hybridized carbons (Fsp3) is 0.254. The largest absolute Gasteiger partial charge is 0.465 e. The molecule has 1 fully saturated rings. The van der Waals surface area contributed by atoms with Crippen LogP contribution in [-0.4, -0.2) is 101 Å². The van der Waals surface area contributed by atoms with Crippen molar-refractivity contribution >= 4 is 69.3 Å². The number of hydrogen-bond acceptors (Lipinski definition) is 20. The van der Waals surface area contributed by atoms with Gasteiger partial charge in [-0.3, -0.25) is 15.3 Å². The SMILES string of the molecule is COC(=O)c1ccc(C(OO)C2CCc3cc(C)ccc3C2)cc1.COC(=O)c1ccc(C(OO)c2ccc3cc(C)ccc3c2)cc1.COC(=O)c1ccc(CCC2CCc3cc(C)ccc3C2)cc1.COC(=O)c1ccc(CCc2ccc3cc(C)ccc3c2)cc1.COC(=O)c1ccc(OC(=O)C2CCC(c3ccc(C)cc3)CC2)cc1.COC(=O)c1ccc(OC(=O)c2ccc(-c3ccc(C)cc3)cc2)cc1. The predicted molar refractivity (Wildman–Crippen MR) is 568 cm³/mol. The van der Waals surface area contributed by atoms with Gasteiger partial charge in [0.15, 0.2) is 0 Å². The molecule has 18 rings (SSSR count). The van der Waals surface area contributed by atoms with Gasteiger partial charge in [0.25, 0.3) is 0 Å². The standard InChI is InChI=1S/C22H24O4.C22H18O4.C21H24O2.C21H20O2.C20H22O4.C20H18O4/c2*1-15-3-5-16(6-4-15)17-7-9-19(10-8-17)22(24)26-20-13-11-18(12-14-20)21(23)25-2;2*1-15-3-9-20-14-17(8-12-19(20)13-15)5-4-16-6-10-18(11-7-16)21(22)23-2;2*1-13-3-4-17-12-18(10-9-16(17)11-13)19(24-22)14-5-7-15(8-6-14)20(21)23-2/h3-6,11-14,17,19H,7-10H2,1-2H3;3-14H,1-2H3;3,6-7,9-11,13,17H,4-5,8,12,14H2,1-2H3;3,6-14H,4-5H2,1-2H3;3-8,11,18-19,22H,9-10,12H2,1-2H3;3-12,19,22H,1-2H3. The highest BCUT2D eigenvalue weighted by molar-refractivity contribution is 5.94. The Kier molecular flexibility index (Phi) is 39.2. The zero-order valence-corrected chi connectivity index (χ0v) is 84.8. The lowest BCUT2D eigenvalue weighted by Gasteiger charge is -2.30. The van der Waals surface area contributed by atoms with Crippen LogP contribution in [-0.2, 0) is 87.9 Å². The Bertz CT molecular complexity index is 6930. The van der Waals surface area contributed by atoms with Crippen molar-refractivity contribution in [3.8, 4) is 22.6 Å². The second-order valence-electron chi connectivity index (χ2n) is 37.4. The number of fused-ring (bicyclic) bond motifs is 4. The fourth-order valence-electron chi connectivity index (χ4n) is 18.5. The summed E-state index contributed by atoms with van der Waals surface area (Å²) >= 11 is 0. The van der Waals surface area contributed by atoms with Crippen molar-refractivity contribution in [2.75, 3.05) is 42.7 Å². The van der Waals surface area contributed by atoms with Crippen LogP contribution in [0.25, 0.3) is 32.7 Å². The van der Waals surface area contributed by atoms with Gasteiger partial charge in [-0.15, -0.1) is 0 Å². The number of carbonyl (C=O) groups is 8. The number of aryl methyl sites for hydroxylation is 11. The molecular formula is C126H126O20. The van der Waals surface area contributed by atoms with E-state index in [-0.39, 0.29) is 35.7 Å². The van der Waals surface area contributed by atoms with E-state index < -0.39 is 36.1 Å². The summed E-state index contributed by atoms with van der Waals surface area (Å²) in [5.41, 5.74) is 26.6. The molecule has 4 unspecified atom stereocenters.